The lowest BCUT2D eigenvalue weighted by molar-refractivity contribution is -0.122. The molecule has 0 saturated carbocycles. The maximum atomic E-state index is 11.6. The SMILES string of the molecule is CCNC(=O)CN(CC)Cc1ccc(N)cc1Br. The van der Waals surface area contributed by atoms with Crippen molar-refractivity contribution in [3.63, 3.8) is 0 Å². The molecule has 18 heavy (non-hydrogen) atoms. The third-order valence-electron chi connectivity index (χ3n) is 2.66. The van der Waals surface area contributed by atoms with Crippen LogP contribution in [-0.4, -0.2) is 30.4 Å². The highest BCUT2D eigenvalue weighted by atomic mass is 79.9. The molecule has 1 amide bonds. The Kier molecular flexibility index (Phi) is 6.15. The zero-order chi connectivity index (χ0) is 13.5. The Morgan fingerprint density at radius 3 is 2.72 bits per heavy atom. The summed E-state index contributed by atoms with van der Waals surface area (Å²) in [5.41, 5.74) is 7.57. The predicted molar refractivity (Wildman–Crippen MR) is 78.2 cm³/mol. The van der Waals surface area contributed by atoms with E-state index in [0.717, 1.165) is 28.8 Å². The molecule has 5 heteroatoms. The monoisotopic (exact) mass is 313 g/mol. The van der Waals surface area contributed by atoms with Gasteiger partial charge in [-0.3, -0.25) is 9.69 Å². The van der Waals surface area contributed by atoms with E-state index in [9.17, 15) is 4.79 Å². The smallest absolute Gasteiger partial charge is 0.234 e. The van der Waals surface area contributed by atoms with Crippen LogP contribution >= 0.6 is 15.9 Å². The molecule has 3 N–H and O–H groups in total. The zero-order valence-corrected chi connectivity index (χ0v) is 12.5. The van der Waals surface area contributed by atoms with Crippen LogP contribution in [0.1, 0.15) is 19.4 Å². The number of hydrogen-bond acceptors (Lipinski definition) is 3. The summed E-state index contributed by atoms with van der Waals surface area (Å²) in [6, 6.07) is 5.75. The molecule has 0 aliphatic rings. The lowest BCUT2D eigenvalue weighted by Crippen LogP contribution is -2.36. The van der Waals surface area contributed by atoms with E-state index in [1.807, 2.05) is 32.0 Å². The molecule has 4 nitrogen and oxygen atoms in total. The number of amides is 1. The van der Waals surface area contributed by atoms with Crippen molar-refractivity contribution < 1.29 is 4.79 Å². The van der Waals surface area contributed by atoms with Crippen LogP contribution in [0.3, 0.4) is 0 Å². The van der Waals surface area contributed by atoms with Gasteiger partial charge in [0.05, 0.1) is 6.54 Å². The first kappa shape index (κ1) is 15.0. The second-order valence-electron chi connectivity index (χ2n) is 4.11. The van der Waals surface area contributed by atoms with Gasteiger partial charge < -0.3 is 11.1 Å². The summed E-state index contributed by atoms with van der Waals surface area (Å²) in [4.78, 5) is 13.6. The summed E-state index contributed by atoms with van der Waals surface area (Å²) in [6.07, 6.45) is 0. The van der Waals surface area contributed by atoms with E-state index in [1.165, 1.54) is 0 Å². The summed E-state index contributed by atoms with van der Waals surface area (Å²) in [5.74, 6) is 0.0610. The van der Waals surface area contributed by atoms with Crippen molar-refractivity contribution in [1.29, 1.82) is 0 Å². The first-order valence-corrected chi connectivity index (χ1v) is 6.89. The van der Waals surface area contributed by atoms with Gasteiger partial charge in [0.25, 0.3) is 0 Å². The fourth-order valence-corrected chi connectivity index (χ4v) is 2.19. The van der Waals surface area contributed by atoms with Crippen LogP contribution in [0.4, 0.5) is 5.69 Å². The molecular formula is C13H20BrN3O. The molecule has 100 valence electrons. The lowest BCUT2D eigenvalue weighted by atomic mass is 10.2. The molecular weight excluding hydrogens is 294 g/mol. The van der Waals surface area contributed by atoms with E-state index < -0.39 is 0 Å². The molecule has 0 fully saturated rings. The number of carbonyl (C=O) groups excluding carboxylic acids is 1. The van der Waals surface area contributed by atoms with Crippen molar-refractivity contribution in [2.75, 3.05) is 25.4 Å². The van der Waals surface area contributed by atoms with Gasteiger partial charge in [0.2, 0.25) is 5.91 Å². The number of nitrogens with two attached hydrogens (primary N) is 1. The number of nitrogens with one attached hydrogen (secondary N) is 1. The second kappa shape index (κ2) is 7.38. The Morgan fingerprint density at radius 1 is 1.44 bits per heavy atom. The maximum Gasteiger partial charge on any atom is 0.234 e. The van der Waals surface area contributed by atoms with Gasteiger partial charge in [-0.05, 0) is 31.2 Å². The highest BCUT2D eigenvalue weighted by molar-refractivity contribution is 9.10. The normalized spacial score (nSPS) is 10.7. The molecule has 0 unspecified atom stereocenters. The van der Waals surface area contributed by atoms with Gasteiger partial charge in [-0.15, -0.1) is 0 Å². The Bertz CT molecular complexity index is 409. The van der Waals surface area contributed by atoms with Crippen molar-refractivity contribution in [1.82, 2.24) is 10.2 Å². The molecule has 0 saturated heterocycles. The van der Waals surface area contributed by atoms with E-state index >= 15 is 0 Å². The number of hydrogen-bond donors (Lipinski definition) is 2. The number of nitrogen functional groups attached to an aromatic ring is 1. The third-order valence-corrected chi connectivity index (χ3v) is 3.40. The molecule has 1 aromatic rings. The molecule has 0 heterocycles. The number of anilines is 1. The fraction of sp³-hybridized carbons (Fsp3) is 0.462. The molecule has 0 aliphatic heterocycles. The summed E-state index contributed by atoms with van der Waals surface area (Å²) >= 11 is 3.49. The molecule has 1 aromatic carbocycles. The first-order chi connectivity index (χ1) is 8.56. The summed E-state index contributed by atoms with van der Waals surface area (Å²) in [7, 11) is 0. The van der Waals surface area contributed by atoms with Gasteiger partial charge in [-0.2, -0.15) is 0 Å². The second-order valence-corrected chi connectivity index (χ2v) is 4.96. The molecule has 0 aliphatic carbocycles. The third kappa shape index (κ3) is 4.66. The summed E-state index contributed by atoms with van der Waals surface area (Å²) in [6.45, 7) is 6.61. The van der Waals surface area contributed by atoms with Crippen LogP contribution in [0, 0.1) is 0 Å². The Morgan fingerprint density at radius 2 is 2.17 bits per heavy atom. The minimum Gasteiger partial charge on any atom is -0.399 e. The number of likely N-dealkylation sites (N-methyl/N-ethyl adjacent to an activating group) is 2. The van der Waals surface area contributed by atoms with Crippen molar-refractivity contribution in [2.45, 2.75) is 20.4 Å². The minimum atomic E-state index is 0.0610. The van der Waals surface area contributed by atoms with Gasteiger partial charge >= 0.3 is 0 Å². The lowest BCUT2D eigenvalue weighted by Gasteiger charge is -2.20. The van der Waals surface area contributed by atoms with E-state index in [0.29, 0.717) is 13.1 Å². The topological polar surface area (TPSA) is 58.4 Å². The van der Waals surface area contributed by atoms with Crippen LogP contribution < -0.4 is 11.1 Å². The average Bonchev–Trinajstić information content (AvgIpc) is 2.31. The number of benzene rings is 1. The van der Waals surface area contributed by atoms with Gasteiger partial charge in [0, 0.05) is 23.2 Å². The number of carbonyl (C=O) groups is 1. The highest BCUT2D eigenvalue weighted by Gasteiger charge is 2.10. The van der Waals surface area contributed by atoms with Crippen LogP contribution in [0.2, 0.25) is 0 Å². The fourth-order valence-electron chi connectivity index (χ4n) is 1.67. The van der Waals surface area contributed by atoms with E-state index in [2.05, 4.69) is 26.1 Å². The quantitative estimate of drug-likeness (QED) is 0.790. The zero-order valence-electron chi connectivity index (χ0n) is 10.9. The minimum absolute atomic E-state index is 0.0610. The van der Waals surface area contributed by atoms with E-state index in [4.69, 9.17) is 5.73 Å². The largest absolute Gasteiger partial charge is 0.399 e. The number of rotatable bonds is 6. The van der Waals surface area contributed by atoms with E-state index in [1.54, 1.807) is 0 Å². The molecule has 0 radical (unpaired) electrons. The van der Waals surface area contributed by atoms with Gasteiger partial charge in [0.15, 0.2) is 0 Å². The van der Waals surface area contributed by atoms with Gasteiger partial charge in [-0.1, -0.05) is 28.9 Å². The summed E-state index contributed by atoms with van der Waals surface area (Å²) < 4.78 is 0.983. The standard InChI is InChI=1S/C13H20BrN3O/c1-3-16-13(18)9-17(4-2)8-10-5-6-11(15)7-12(10)14/h5-7H,3-4,8-9,15H2,1-2H3,(H,16,18). The molecule has 0 spiro atoms. The van der Waals surface area contributed by atoms with Crippen LogP contribution in [0.25, 0.3) is 0 Å². The van der Waals surface area contributed by atoms with Crippen LogP contribution in [-0.2, 0) is 11.3 Å². The number of halogens is 1. The van der Waals surface area contributed by atoms with Crippen molar-refractivity contribution >= 4 is 27.5 Å². The highest BCUT2D eigenvalue weighted by Crippen LogP contribution is 2.21. The molecule has 0 atom stereocenters. The number of nitrogens with zero attached hydrogens (tertiary/aromatic N) is 1. The van der Waals surface area contributed by atoms with Crippen molar-refractivity contribution in [3.8, 4) is 0 Å². The van der Waals surface area contributed by atoms with Crippen LogP contribution in [0.5, 0.6) is 0 Å². The average molecular weight is 314 g/mol. The van der Waals surface area contributed by atoms with Gasteiger partial charge in [0.1, 0.15) is 0 Å². The summed E-state index contributed by atoms with van der Waals surface area (Å²) in [5, 5.41) is 2.81. The Balaban J connectivity index is 2.65. The van der Waals surface area contributed by atoms with Crippen molar-refractivity contribution in [3.05, 3.63) is 28.2 Å². The first-order valence-electron chi connectivity index (χ1n) is 6.09. The Labute approximate surface area is 117 Å². The maximum absolute atomic E-state index is 11.6. The van der Waals surface area contributed by atoms with E-state index in [-0.39, 0.29) is 5.91 Å². The predicted octanol–water partition coefficient (Wildman–Crippen LogP) is 1.99. The molecule has 0 bridgehead atoms. The van der Waals surface area contributed by atoms with Crippen molar-refractivity contribution in [2.24, 2.45) is 0 Å². The molecule has 0 aromatic heterocycles. The van der Waals surface area contributed by atoms with Gasteiger partial charge in [-0.25, -0.2) is 0 Å². The Hall–Kier alpha value is -1.07. The molecule has 1 rings (SSSR count). The van der Waals surface area contributed by atoms with Crippen LogP contribution in [0.15, 0.2) is 22.7 Å².